The topological polar surface area (TPSA) is 69.7 Å². The van der Waals surface area contributed by atoms with Gasteiger partial charge in [0.1, 0.15) is 0 Å². The van der Waals surface area contributed by atoms with Gasteiger partial charge in [0, 0.05) is 32.2 Å². The maximum Gasteiger partial charge on any atom is 0.221 e. The lowest BCUT2D eigenvalue weighted by molar-refractivity contribution is -0.114. The molecule has 1 heterocycles. The zero-order chi connectivity index (χ0) is 19.4. The zero-order valence-electron chi connectivity index (χ0n) is 15.7. The van der Waals surface area contributed by atoms with Gasteiger partial charge in [0.2, 0.25) is 15.7 Å². The van der Waals surface area contributed by atoms with E-state index in [4.69, 9.17) is 0 Å². The summed E-state index contributed by atoms with van der Waals surface area (Å²) in [7, 11) is -1.62. The van der Waals surface area contributed by atoms with Crippen LogP contribution >= 0.6 is 0 Å². The molecule has 0 radical (unpaired) electrons. The summed E-state index contributed by atoms with van der Waals surface area (Å²) in [5.41, 5.74) is 1.24. The summed E-state index contributed by atoms with van der Waals surface area (Å²) >= 11 is 0. The SMILES string of the molecule is CC(=O)Nc1cc(N2CCCN(C)CC2)ccc1S(=O)(=O)c1ccccc1. The minimum absolute atomic E-state index is 0.111. The fraction of sp³-hybridized carbons (Fsp3) is 0.350. The highest BCUT2D eigenvalue weighted by atomic mass is 32.2. The van der Waals surface area contributed by atoms with Crippen LogP contribution in [0, 0.1) is 0 Å². The summed E-state index contributed by atoms with van der Waals surface area (Å²) in [4.78, 5) is 16.5. The lowest BCUT2D eigenvalue weighted by Crippen LogP contribution is -2.28. The van der Waals surface area contributed by atoms with Gasteiger partial charge in [0.05, 0.1) is 15.5 Å². The minimum Gasteiger partial charge on any atom is -0.370 e. The van der Waals surface area contributed by atoms with Crippen molar-refractivity contribution in [1.82, 2.24) is 4.90 Å². The molecule has 3 rings (SSSR count). The van der Waals surface area contributed by atoms with Crippen molar-refractivity contribution < 1.29 is 13.2 Å². The van der Waals surface area contributed by atoms with Gasteiger partial charge in [-0.1, -0.05) is 18.2 Å². The number of likely N-dealkylation sites (N-methyl/N-ethyl adjacent to an activating group) is 1. The monoisotopic (exact) mass is 387 g/mol. The Morgan fingerprint density at radius 2 is 1.74 bits per heavy atom. The Hall–Kier alpha value is -2.38. The van der Waals surface area contributed by atoms with E-state index in [0.29, 0.717) is 5.69 Å². The van der Waals surface area contributed by atoms with Gasteiger partial charge in [-0.15, -0.1) is 0 Å². The molecule has 1 N–H and O–H groups in total. The van der Waals surface area contributed by atoms with Crippen LogP contribution in [0.2, 0.25) is 0 Å². The first-order valence-corrected chi connectivity index (χ1v) is 10.5. The largest absolute Gasteiger partial charge is 0.370 e. The average Bonchev–Trinajstić information content (AvgIpc) is 2.86. The highest BCUT2D eigenvalue weighted by Gasteiger charge is 2.23. The molecule has 0 saturated carbocycles. The minimum atomic E-state index is -3.72. The maximum absolute atomic E-state index is 13.1. The Kier molecular flexibility index (Phi) is 5.82. The van der Waals surface area contributed by atoms with Crippen molar-refractivity contribution in [2.75, 3.05) is 43.4 Å². The van der Waals surface area contributed by atoms with Crippen molar-refractivity contribution in [3.05, 3.63) is 48.5 Å². The summed E-state index contributed by atoms with van der Waals surface area (Å²) in [6.45, 7) is 5.12. The summed E-state index contributed by atoms with van der Waals surface area (Å²) in [6, 6.07) is 13.5. The second-order valence-corrected chi connectivity index (χ2v) is 8.74. The molecule has 0 aromatic heterocycles. The van der Waals surface area contributed by atoms with E-state index in [-0.39, 0.29) is 15.7 Å². The number of carbonyl (C=O) groups is 1. The van der Waals surface area contributed by atoms with E-state index in [1.54, 1.807) is 42.5 Å². The first kappa shape index (κ1) is 19.4. The van der Waals surface area contributed by atoms with Crippen LogP contribution in [0.1, 0.15) is 13.3 Å². The van der Waals surface area contributed by atoms with Crippen molar-refractivity contribution in [2.45, 2.75) is 23.1 Å². The Morgan fingerprint density at radius 1 is 1.00 bits per heavy atom. The van der Waals surface area contributed by atoms with E-state index in [9.17, 15) is 13.2 Å². The molecule has 2 aromatic rings. The first-order chi connectivity index (χ1) is 12.9. The van der Waals surface area contributed by atoms with Gasteiger partial charge in [-0.3, -0.25) is 4.79 Å². The number of sulfone groups is 1. The molecule has 0 aliphatic carbocycles. The zero-order valence-corrected chi connectivity index (χ0v) is 16.5. The predicted octanol–water partition coefficient (Wildman–Crippen LogP) is 2.62. The van der Waals surface area contributed by atoms with Gasteiger partial charge < -0.3 is 15.1 Å². The highest BCUT2D eigenvalue weighted by molar-refractivity contribution is 7.91. The molecule has 0 bridgehead atoms. The highest BCUT2D eigenvalue weighted by Crippen LogP contribution is 2.32. The van der Waals surface area contributed by atoms with Gasteiger partial charge in [-0.25, -0.2) is 8.42 Å². The number of hydrogen-bond acceptors (Lipinski definition) is 5. The summed E-state index contributed by atoms with van der Waals surface area (Å²) in [6.07, 6.45) is 1.04. The average molecular weight is 388 g/mol. The number of nitrogens with zero attached hydrogens (tertiary/aromatic N) is 2. The second-order valence-electron chi connectivity index (χ2n) is 6.82. The molecule has 27 heavy (non-hydrogen) atoms. The van der Waals surface area contributed by atoms with Gasteiger partial charge in [0.25, 0.3) is 0 Å². The normalized spacial score (nSPS) is 16.0. The van der Waals surface area contributed by atoms with Crippen LogP contribution in [0.3, 0.4) is 0 Å². The molecule has 0 spiro atoms. The molecule has 6 nitrogen and oxygen atoms in total. The fourth-order valence-corrected chi connectivity index (χ4v) is 4.68. The van der Waals surface area contributed by atoms with Crippen LogP contribution in [0.15, 0.2) is 58.3 Å². The molecule has 1 amide bonds. The van der Waals surface area contributed by atoms with Crippen LogP contribution in [0.5, 0.6) is 0 Å². The van der Waals surface area contributed by atoms with Crippen LogP contribution in [0.25, 0.3) is 0 Å². The van der Waals surface area contributed by atoms with Crippen molar-refractivity contribution >= 4 is 27.1 Å². The number of hydrogen-bond donors (Lipinski definition) is 1. The molecule has 1 aliphatic rings. The standard InChI is InChI=1S/C20H25N3O3S/c1-16(24)21-19-15-17(23-12-6-11-22(2)13-14-23)9-10-20(19)27(25,26)18-7-4-3-5-8-18/h3-5,7-10,15H,6,11-14H2,1-2H3,(H,21,24). The van der Waals surface area contributed by atoms with Crippen LogP contribution in [-0.2, 0) is 14.6 Å². The maximum atomic E-state index is 13.1. The van der Waals surface area contributed by atoms with Gasteiger partial charge in [-0.05, 0) is 50.3 Å². The number of carbonyl (C=O) groups excluding carboxylic acids is 1. The molecular weight excluding hydrogens is 362 g/mol. The third-order valence-electron chi connectivity index (χ3n) is 4.70. The number of nitrogens with one attached hydrogen (secondary N) is 1. The number of anilines is 2. The van der Waals surface area contributed by atoms with E-state index in [0.717, 1.165) is 38.3 Å². The van der Waals surface area contributed by atoms with E-state index in [1.807, 2.05) is 6.07 Å². The number of benzene rings is 2. The van der Waals surface area contributed by atoms with Crippen LogP contribution < -0.4 is 10.2 Å². The summed E-state index contributed by atoms with van der Waals surface area (Å²) < 4.78 is 26.1. The second kappa shape index (κ2) is 8.10. The quantitative estimate of drug-likeness (QED) is 0.873. The third kappa shape index (κ3) is 4.48. The van der Waals surface area contributed by atoms with Crippen molar-refractivity contribution in [3.8, 4) is 0 Å². The van der Waals surface area contributed by atoms with Crippen molar-refractivity contribution in [3.63, 3.8) is 0 Å². The molecule has 1 aliphatic heterocycles. The van der Waals surface area contributed by atoms with E-state index in [1.165, 1.54) is 6.92 Å². The molecule has 1 fully saturated rings. The Morgan fingerprint density at radius 3 is 2.44 bits per heavy atom. The molecule has 2 aromatic carbocycles. The van der Waals surface area contributed by atoms with Gasteiger partial charge in [-0.2, -0.15) is 0 Å². The van der Waals surface area contributed by atoms with Crippen LogP contribution in [-0.4, -0.2) is 52.5 Å². The molecule has 0 atom stereocenters. The fourth-order valence-electron chi connectivity index (χ4n) is 3.27. The number of amides is 1. The van der Waals surface area contributed by atoms with E-state index >= 15 is 0 Å². The number of rotatable bonds is 4. The summed E-state index contributed by atoms with van der Waals surface area (Å²) in [5.74, 6) is -0.299. The Bertz CT molecular complexity index is 913. The van der Waals surface area contributed by atoms with Crippen molar-refractivity contribution in [2.24, 2.45) is 0 Å². The lowest BCUT2D eigenvalue weighted by atomic mass is 10.2. The molecule has 1 saturated heterocycles. The third-order valence-corrected chi connectivity index (χ3v) is 6.53. The molecule has 7 heteroatoms. The van der Waals surface area contributed by atoms with Crippen molar-refractivity contribution in [1.29, 1.82) is 0 Å². The Balaban J connectivity index is 2.01. The van der Waals surface area contributed by atoms with Gasteiger partial charge in [0.15, 0.2) is 0 Å². The smallest absolute Gasteiger partial charge is 0.221 e. The molecule has 144 valence electrons. The van der Waals surface area contributed by atoms with Crippen LogP contribution in [0.4, 0.5) is 11.4 Å². The van der Waals surface area contributed by atoms with E-state index < -0.39 is 9.84 Å². The molecule has 0 unspecified atom stereocenters. The van der Waals surface area contributed by atoms with E-state index in [2.05, 4.69) is 22.2 Å². The first-order valence-electron chi connectivity index (χ1n) is 9.03. The summed E-state index contributed by atoms with van der Waals surface area (Å²) in [5, 5.41) is 2.70. The van der Waals surface area contributed by atoms with Gasteiger partial charge >= 0.3 is 0 Å². The lowest BCUT2D eigenvalue weighted by Gasteiger charge is -2.24. The predicted molar refractivity (Wildman–Crippen MR) is 107 cm³/mol. The Labute approximate surface area is 160 Å². The molecular formula is C20H25N3O3S.